The smallest absolute Gasteiger partial charge is 0.415 e. The van der Waals surface area contributed by atoms with E-state index in [0.717, 1.165) is 5.56 Å². The number of rotatable bonds is 7. The predicted octanol–water partition coefficient (Wildman–Crippen LogP) is 1.79. The Hall–Kier alpha value is -2.21. The van der Waals surface area contributed by atoms with Gasteiger partial charge in [-0.05, 0) is 36.0 Å². The summed E-state index contributed by atoms with van der Waals surface area (Å²) in [5, 5.41) is 11.5. The van der Waals surface area contributed by atoms with Gasteiger partial charge >= 0.3 is 11.8 Å². The van der Waals surface area contributed by atoms with Crippen molar-refractivity contribution in [3.05, 3.63) is 51.2 Å². The number of imidazole rings is 1. The van der Waals surface area contributed by atoms with Crippen molar-refractivity contribution in [3.8, 4) is 6.01 Å². The highest BCUT2D eigenvalue weighted by atomic mass is 35.5. The third-order valence-corrected chi connectivity index (χ3v) is 7.73. The molecule has 2 aliphatic heterocycles. The molecule has 1 fully saturated rings. The number of piperazine rings is 1. The first-order valence-corrected chi connectivity index (χ1v) is 12.0. The van der Waals surface area contributed by atoms with Crippen LogP contribution in [-0.2, 0) is 23.0 Å². The summed E-state index contributed by atoms with van der Waals surface area (Å²) in [5.41, 5.74) is 0.378. The molecule has 168 valence electrons. The largest absolute Gasteiger partial charge is 0.436 e. The second-order valence-electron chi connectivity index (χ2n) is 8.19. The third kappa shape index (κ3) is 5.00. The second kappa shape index (κ2) is 8.38. The lowest BCUT2D eigenvalue weighted by molar-refractivity contribution is -0.389. The quantitative estimate of drug-likeness (QED) is 0.449. The molecule has 2 aliphatic rings. The summed E-state index contributed by atoms with van der Waals surface area (Å²) < 4.78 is 34.5. The van der Waals surface area contributed by atoms with Crippen molar-refractivity contribution in [3.63, 3.8) is 0 Å². The van der Waals surface area contributed by atoms with Gasteiger partial charge in [-0.3, -0.25) is 9.47 Å². The molecule has 0 aliphatic carbocycles. The number of nitro groups is 1. The fourth-order valence-electron chi connectivity index (χ4n) is 4.03. The average Bonchev–Trinajstić information content (AvgIpc) is 3.23. The number of hydrogen-bond acceptors (Lipinski definition) is 7. The number of ether oxygens (including phenoxy) is 1. The molecule has 2 aromatic rings. The molecular weight excluding hydrogens is 446 g/mol. The highest BCUT2D eigenvalue weighted by Crippen LogP contribution is 2.31. The van der Waals surface area contributed by atoms with E-state index in [1.807, 2.05) is 19.1 Å². The summed E-state index contributed by atoms with van der Waals surface area (Å²) in [6, 6.07) is 7.46. The highest BCUT2D eigenvalue weighted by Gasteiger charge is 2.42. The van der Waals surface area contributed by atoms with Crippen LogP contribution >= 0.6 is 11.6 Å². The van der Waals surface area contributed by atoms with Crippen LogP contribution in [0.25, 0.3) is 0 Å². The molecule has 0 amide bonds. The predicted molar refractivity (Wildman–Crippen MR) is 115 cm³/mol. The molecule has 0 unspecified atom stereocenters. The van der Waals surface area contributed by atoms with E-state index in [0.29, 0.717) is 50.7 Å². The Morgan fingerprint density at radius 3 is 2.52 bits per heavy atom. The van der Waals surface area contributed by atoms with Gasteiger partial charge in [-0.25, -0.2) is 8.42 Å². The summed E-state index contributed by atoms with van der Waals surface area (Å²) >= 11 is 5.88. The van der Waals surface area contributed by atoms with Crippen LogP contribution in [0.1, 0.15) is 12.5 Å². The van der Waals surface area contributed by atoms with Gasteiger partial charge in [-0.15, -0.1) is 0 Å². The lowest BCUT2D eigenvalue weighted by Crippen LogP contribution is -2.54. The Labute approximate surface area is 185 Å². The normalized spacial score (nSPS) is 22.3. The van der Waals surface area contributed by atoms with Crippen molar-refractivity contribution < 1.29 is 18.1 Å². The minimum atomic E-state index is -3.34. The maximum absolute atomic E-state index is 12.7. The van der Waals surface area contributed by atoms with E-state index >= 15 is 0 Å². The number of sulfonamides is 1. The first-order valence-electron chi connectivity index (χ1n) is 9.99. The number of nitrogens with zero attached hydrogens (tertiary/aromatic N) is 5. The number of halogens is 1. The Morgan fingerprint density at radius 1 is 1.23 bits per heavy atom. The topological polar surface area (TPSA) is 111 Å². The standard InChI is InChI=1S/C19H24ClN5O5S/c1-19(14-23-12-17(25(26)27)21-18(23)30-19)13-22-7-9-24(10-8-22)31(28,29)11-6-15-2-4-16(20)5-3-15/h2-5,12H,6-11,13-14H2,1H3/t19-/m0/s1. The molecule has 1 atom stereocenters. The van der Waals surface area contributed by atoms with E-state index in [9.17, 15) is 18.5 Å². The first-order chi connectivity index (χ1) is 14.6. The number of benzene rings is 1. The Morgan fingerprint density at radius 2 is 1.90 bits per heavy atom. The van der Waals surface area contributed by atoms with Gasteiger partial charge in [0, 0.05) is 42.7 Å². The molecule has 1 aromatic carbocycles. The Balaban J connectivity index is 1.27. The molecule has 1 aromatic heterocycles. The number of aryl methyl sites for hydroxylation is 1. The summed E-state index contributed by atoms with van der Waals surface area (Å²) in [7, 11) is -3.34. The van der Waals surface area contributed by atoms with Crippen LogP contribution in [0.3, 0.4) is 0 Å². The van der Waals surface area contributed by atoms with Gasteiger partial charge in [0.2, 0.25) is 10.0 Å². The van der Waals surface area contributed by atoms with Gasteiger partial charge in [0.25, 0.3) is 0 Å². The average molecular weight is 470 g/mol. The Bertz CT molecular complexity index is 1040. The lowest BCUT2D eigenvalue weighted by Gasteiger charge is -2.37. The zero-order valence-electron chi connectivity index (χ0n) is 17.1. The van der Waals surface area contributed by atoms with Crippen LogP contribution in [0.5, 0.6) is 6.01 Å². The van der Waals surface area contributed by atoms with E-state index in [1.165, 1.54) is 6.20 Å². The van der Waals surface area contributed by atoms with E-state index in [4.69, 9.17) is 16.3 Å². The molecular formula is C19H24ClN5O5S. The summed E-state index contributed by atoms with van der Waals surface area (Å²) in [6.45, 7) is 5.03. The number of hydrogen-bond donors (Lipinski definition) is 0. The van der Waals surface area contributed by atoms with Crippen molar-refractivity contribution in [2.75, 3.05) is 38.5 Å². The van der Waals surface area contributed by atoms with Crippen molar-refractivity contribution in [2.24, 2.45) is 0 Å². The monoisotopic (exact) mass is 469 g/mol. The van der Waals surface area contributed by atoms with Gasteiger partial charge in [0.15, 0.2) is 0 Å². The zero-order chi connectivity index (χ0) is 22.2. The third-order valence-electron chi connectivity index (χ3n) is 5.60. The SMILES string of the molecule is C[C@]1(CN2CCN(S(=O)(=O)CCc3ccc(Cl)cc3)CC2)Cn2cc([N+](=O)[O-])nc2O1. The van der Waals surface area contributed by atoms with Crippen LogP contribution in [0.15, 0.2) is 30.5 Å². The van der Waals surface area contributed by atoms with Crippen LogP contribution in [0, 0.1) is 10.1 Å². The highest BCUT2D eigenvalue weighted by molar-refractivity contribution is 7.89. The second-order valence-corrected chi connectivity index (χ2v) is 10.7. The van der Waals surface area contributed by atoms with Crippen LogP contribution in [-0.4, -0.2) is 76.2 Å². The molecule has 0 bridgehead atoms. The molecule has 0 N–H and O–H groups in total. The molecule has 1 saturated heterocycles. The molecule has 12 heteroatoms. The molecule has 3 heterocycles. The van der Waals surface area contributed by atoms with Crippen molar-refractivity contribution in [2.45, 2.75) is 25.5 Å². The fourth-order valence-corrected chi connectivity index (χ4v) is 5.63. The Kier molecular flexibility index (Phi) is 5.95. The number of fused-ring (bicyclic) bond motifs is 1. The summed E-state index contributed by atoms with van der Waals surface area (Å²) in [6.07, 6.45) is 1.83. The van der Waals surface area contributed by atoms with Gasteiger partial charge in [-0.2, -0.15) is 4.31 Å². The molecule has 4 rings (SSSR count). The van der Waals surface area contributed by atoms with E-state index in [2.05, 4.69) is 9.88 Å². The molecule has 0 spiro atoms. The molecule has 0 radical (unpaired) electrons. The van der Waals surface area contributed by atoms with Crippen LogP contribution < -0.4 is 4.74 Å². The summed E-state index contributed by atoms with van der Waals surface area (Å²) in [4.78, 5) is 16.4. The van der Waals surface area contributed by atoms with Gasteiger partial charge < -0.3 is 14.9 Å². The lowest BCUT2D eigenvalue weighted by atomic mass is 10.1. The molecule has 10 nitrogen and oxygen atoms in total. The molecule has 31 heavy (non-hydrogen) atoms. The molecule has 0 saturated carbocycles. The van der Waals surface area contributed by atoms with E-state index in [1.54, 1.807) is 21.0 Å². The van der Waals surface area contributed by atoms with Crippen LogP contribution in [0.4, 0.5) is 5.82 Å². The van der Waals surface area contributed by atoms with E-state index in [-0.39, 0.29) is 17.6 Å². The number of aromatic nitrogens is 2. The first kappa shape index (κ1) is 22.0. The van der Waals surface area contributed by atoms with Crippen molar-refractivity contribution in [1.29, 1.82) is 0 Å². The van der Waals surface area contributed by atoms with Gasteiger partial charge in [0.05, 0.1) is 12.3 Å². The van der Waals surface area contributed by atoms with E-state index < -0.39 is 20.5 Å². The fraction of sp³-hybridized carbons (Fsp3) is 0.526. The minimum Gasteiger partial charge on any atom is -0.436 e. The van der Waals surface area contributed by atoms with Crippen LogP contribution in [0.2, 0.25) is 5.02 Å². The van der Waals surface area contributed by atoms with Gasteiger partial charge in [-0.1, -0.05) is 23.7 Å². The maximum atomic E-state index is 12.7. The summed E-state index contributed by atoms with van der Waals surface area (Å²) in [5.74, 6) is -0.163. The zero-order valence-corrected chi connectivity index (χ0v) is 18.7. The maximum Gasteiger partial charge on any atom is 0.415 e. The van der Waals surface area contributed by atoms with Crippen molar-refractivity contribution in [1.82, 2.24) is 18.8 Å². The van der Waals surface area contributed by atoms with Gasteiger partial charge in [0.1, 0.15) is 11.8 Å². The van der Waals surface area contributed by atoms with Crippen molar-refractivity contribution >= 4 is 27.4 Å². The minimum absolute atomic E-state index is 0.0648.